The molecule has 1 aliphatic heterocycles. The normalized spacial score (nSPS) is 16.2. The largest absolute Gasteiger partial charge is 0.384 e. The molecule has 1 aromatic rings. The smallest absolute Gasteiger partial charge is 0.320 e. The molecule has 5 nitrogen and oxygen atoms in total. The number of carbonyl (C=O) groups is 1. The van der Waals surface area contributed by atoms with Crippen LogP contribution in [0.15, 0.2) is 18.2 Å². The molecule has 2 heterocycles. The molecular formula is C10H14N4O. The van der Waals surface area contributed by atoms with E-state index in [0.717, 1.165) is 18.8 Å². The van der Waals surface area contributed by atoms with Crippen molar-refractivity contribution in [3.8, 4) is 0 Å². The zero-order valence-corrected chi connectivity index (χ0v) is 8.68. The Balaban J connectivity index is 2.06. The minimum absolute atomic E-state index is 0.0548. The number of anilines is 1. The van der Waals surface area contributed by atoms with Gasteiger partial charge >= 0.3 is 6.03 Å². The Hall–Kier alpha value is -1.78. The molecule has 1 aliphatic rings. The fraction of sp³-hybridized carbons (Fsp3) is 0.400. The first-order valence-corrected chi connectivity index (χ1v) is 4.88. The second-order valence-electron chi connectivity index (χ2n) is 3.68. The molecule has 1 fully saturated rings. The lowest BCUT2D eigenvalue weighted by Gasteiger charge is -2.15. The number of pyridine rings is 1. The number of aromatic nitrogens is 1. The number of hydrogen-bond acceptors (Lipinski definition) is 3. The molecule has 2 rings (SSSR count). The zero-order valence-electron chi connectivity index (χ0n) is 8.68. The van der Waals surface area contributed by atoms with E-state index < -0.39 is 0 Å². The molecule has 0 saturated carbocycles. The van der Waals surface area contributed by atoms with Crippen LogP contribution in [-0.4, -0.2) is 41.0 Å². The van der Waals surface area contributed by atoms with Crippen molar-refractivity contribution in [1.29, 1.82) is 0 Å². The molecule has 80 valence electrons. The lowest BCUT2D eigenvalue weighted by atomic mass is 10.3. The van der Waals surface area contributed by atoms with Gasteiger partial charge < -0.3 is 15.5 Å². The topological polar surface area (TPSA) is 62.5 Å². The lowest BCUT2D eigenvalue weighted by molar-refractivity contribution is 0.196. The van der Waals surface area contributed by atoms with Gasteiger partial charge in [-0.25, -0.2) is 9.78 Å². The maximum atomic E-state index is 11.6. The maximum Gasteiger partial charge on any atom is 0.320 e. The predicted molar refractivity (Wildman–Crippen MR) is 57.1 cm³/mol. The van der Waals surface area contributed by atoms with Crippen LogP contribution in [0.1, 0.15) is 5.69 Å². The van der Waals surface area contributed by atoms with Crippen LogP contribution >= 0.6 is 0 Å². The summed E-state index contributed by atoms with van der Waals surface area (Å²) in [5.74, 6) is 0.493. The van der Waals surface area contributed by atoms with Gasteiger partial charge in [0.05, 0.1) is 12.2 Å². The molecule has 2 amide bonds. The van der Waals surface area contributed by atoms with Gasteiger partial charge in [-0.1, -0.05) is 6.07 Å². The quantitative estimate of drug-likeness (QED) is 0.767. The first-order chi connectivity index (χ1) is 7.16. The highest BCUT2D eigenvalue weighted by atomic mass is 16.2. The second-order valence-corrected chi connectivity index (χ2v) is 3.68. The Labute approximate surface area is 88.5 Å². The number of amides is 2. The standard InChI is InChI=1S/C10H14N4O/c1-13-5-6-14(10(13)15)7-8-3-2-4-9(11)12-8/h2-4H,5-7H2,1H3,(H2,11,12). The zero-order chi connectivity index (χ0) is 10.8. The molecule has 0 aromatic carbocycles. The van der Waals surface area contributed by atoms with E-state index in [1.165, 1.54) is 0 Å². The van der Waals surface area contributed by atoms with E-state index in [-0.39, 0.29) is 6.03 Å². The van der Waals surface area contributed by atoms with E-state index in [1.54, 1.807) is 22.9 Å². The van der Waals surface area contributed by atoms with Crippen molar-refractivity contribution >= 4 is 11.8 Å². The van der Waals surface area contributed by atoms with Gasteiger partial charge in [0.1, 0.15) is 5.82 Å². The lowest BCUT2D eigenvalue weighted by Crippen LogP contribution is -2.29. The van der Waals surface area contributed by atoms with Crippen LogP contribution in [0.2, 0.25) is 0 Å². The second kappa shape index (κ2) is 3.76. The van der Waals surface area contributed by atoms with E-state index in [2.05, 4.69) is 4.98 Å². The summed E-state index contributed by atoms with van der Waals surface area (Å²) in [5, 5.41) is 0. The van der Waals surface area contributed by atoms with Gasteiger partial charge in [0.15, 0.2) is 0 Å². The van der Waals surface area contributed by atoms with Crippen LogP contribution in [-0.2, 0) is 6.54 Å². The number of nitrogens with zero attached hydrogens (tertiary/aromatic N) is 3. The molecule has 0 unspecified atom stereocenters. The third-order valence-corrected chi connectivity index (χ3v) is 2.48. The van der Waals surface area contributed by atoms with Gasteiger partial charge in [-0.05, 0) is 12.1 Å². The Morgan fingerprint density at radius 1 is 1.47 bits per heavy atom. The minimum Gasteiger partial charge on any atom is -0.384 e. The summed E-state index contributed by atoms with van der Waals surface area (Å²) in [5.41, 5.74) is 6.40. The SMILES string of the molecule is CN1CCN(Cc2cccc(N)n2)C1=O. The highest BCUT2D eigenvalue weighted by Gasteiger charge is 2.25. The molecule has 15 heavy (non-hydrogen) atoms. The summed E-state index contributed by atoms with van der Waals surface area (Å²) >= 11 is 0. The van der Waals surface area contributed by atoms with Gasteiger partial charge in [0, 0.05) is 20.1 Å². The number of carbonyl (C=O) groups excluding carboxylic acids is 1. The van der Waals surface area contributed by atoms with Gasteiger partial charge in [-0.2, -0.15) is 0 Å². The van der Waals surface area contributed by atoms with Gasteiger partial charge in [-0.3, -0.25) is 0 Å². The van der Waals surface area contributed by atoms with Crippen molar-refractivity contribution in [3.63, 3.8) is 0 Å². The molecule has 0 aliphatic carbocycles. The molecule has 0 atom stereocenters. The van der Waals surface area contributed by atoms with Crippen molar-refractivity contribution in [3.05, 3.63) is 23.9 Å². The number of nitrogen functional groups attached to an aromatic ring is 1. The molecule has 1 saturated heterocycles. The first-order valence-electron chi connectivity index (χ1n) is 4.88. The number of urea groups is 1. The van der Waals surface area contributed by atoms with E-state index in [4.69, 9.17) is 5.73 Å². The summed E-state index contributed by atoms with van der Waals surface area (Å²) < 4.78 is 0. The highest BCUT2D eigenvalue weighted by Crippen LogP contribution is 2.11. The third-order valence-electron chi connectivity index (χ3n) is 2.48. The molecule has 0 spiro atoms. The predicted octanol–water partition coefficient (Wildman–Crippen LogP) is 0.531. The average Bonchev–Trinajstić information content (AvgIpc) is 2.50. The van der Waals surface area contributed by atoms with Crippen molar-refractivity contribution in [1.82, 2.24) is 14.8 Å². The fourth-order valence-electron chi connectivity index (χ4n) is 1.63. The number of likely N-dealkylation sites (N-methyl/N-ethyl adjacent to an activating group) is 1. The maximum absolute atomic E-state index is 11.6. The van der Waals surface area contributed by atoms with E-state index in [9.17, 15) is 4.79 Å². The molecule has 0 radical (unpaired) electrons. The molecule has 2 N–H and O–H groups in total. The van der Waals surface area contributed by atoms with E-state index in [1.807, 2.05) is 12.1 Å². The monoisotopic (exact) mass is 206 g/mol. The van der Waals surface area contributed by atoms with Gasteiger partial charge in [0.25, 0.3) is 0 Å². The molecular weight excluding hydrogens is 192 g/mol. The van der Waals surface area contributed by atoms with Crippen molar-refractivity contribution in [2.24, 2.45) is 0 Å². The average molecular weight is 206 g/mol. The Kier molecular flexibility index (Phi) is 2.45. The third kappa shape index (κ3) is 2.01. The van der Waals surface area contributed by atoms with Crippen molar-refractivity contribution < 1.29 is 4.79 Å². The Morgan fingerprint density at radius 2 is 2.27 bits per heavy atom. The molecule has 5 heteroatoms. The van der Waals surface area contributed by atoms with Crippen LogP contribution in [0.3, 0.4) is 0 Å². The minimum atomic E-state index is 0.0548. The Bertz CT molecular complexity index is 379. The summed E-state index contributed by atoms with van der Waals surface area (Å²) in [6.45, 7) is 2.07. The van der Waals surface area contributed by atoms with Crippen molar-refractivity contribution in [2.45, 2.75) is 6.54 Å². The van der Waals surface area contributed by atoms with E-state index in [0.29, 0.717) is 12.4 Å². The van der Waals surface area contributed by atoms with Gasteiger partial charge in [0.2, 0.25) is 0 Å². The van der Waals surface area contributed by atoms with Crippen LogP contribution in [0.25, 0.3) is 0 Å². The van der Waals surface area contributed by atoms with Crippen molar-refractivity contribution in [2.75, 3.05) is 25.9 Å². The number of hydrogen-bond donors (Lipinski definition) is 1. The van der Waals surface area contributed by atoms with Crippen LogP contribution in [0.4, 0.5) is 10.6 Å². The summed E-state index contributed by atoms with van der Waals surface area (Å²) in [6.07, 6.45) is 0. The summed E-state index contributed by atoms with van der Waals surface area (Å²) in [4.78, 5) is 19.2. The van der Waals surface area contributed by atoms with Gasteiger partial charge in [-0.15, -0.1) is 0 Å². The van der Waals surface area contributed by atoms with Crippen LogP contribution in [0, 0.1) is 0 Å². The Morgan fingerprint density at radius 3 is 2.87 bits per heavy atom. The number of rotatable bonds is 2. The highest BCUT2D eigenvalue weighted by molar-refractivity contribution is 5.76. The molecule has 0 bridgehead atoms. The van der Waals surface area contributed by atoms with Crippen LogP contribution < -0.4 is 5.73 Å². The van der Waals surface area contributed by atoms with E-state index >= 15 is 0 Å². The van der Waals surface area contributed by atoms with Crippen LogP contribution in [0.5, 0.6) is 0 Å². The number of nitrogens with two attached hydrogens (primary N) is 1. The first kappa shape index (κ1) is 9.76. The molecule has 1 aromatic heterocycles. The summed E-state index contributed by atoms with van der Waals surface area (Å²) in [6, 6.07) is 5.52. The fourth-order valence-corrected chi connectivity index (χ4v) is 1.63. The summed E-state index contributed by atoms with van der Waals surface area (Å²) in [7, 11) is 1.80.